The van der Waals surface area contributed by atoms with E-state index < -0.39 is 0 Å². The predicted octanol–water partition coefficient (Wildman–Crippen LogP) is 4.53. The molecular formula is C14H16Cl2O2. The first-order chi connectivity index (χ1) is 8.66. The minimum absolute atomic E-state index is 0.0425. The number of carbonyl (C=O) groups excluding carboxylic acids is 1. The molecule has 0 bridgehead atoms. The number of hydrogen-bond acceptors (Lipinski definition) is 2. The van der Waals surface area contributed by atoms with Gasteiger partial charge in [-0.15, -0.1) is 0 Å². The molecule has 1 fully saturated rings. The summed E-state index contributed by atoms with van der Waals surface area (Å²) in [6, 6.07) is 4.91. The minimum atomic E-state index is -0.0425. The molecule has 0 unspecified atom stereocenters. The molecule has 1 aromatic carbocycles. The predicted molar refractivity (Wildman–Crippen MR) is 73.6 cm³/mol. The van der Waals surface area contributed by atoms with Crippen LogP contribution < -0.4 is 0 Å². The number of carbonyl (C=O) groups is 1. The van der Waals surface area contributed by atoms with E-state index in [0.717, 1.165) is 12.8 Å². The fourth-order valence-electron chi connectivity index (χ4n) is 2.18. The van der Waals surface area contributed by atoms with Crippen LogP contribution in [0.25, 0.3) is 0 Å². The van der Waals surface area contributed by atoms with Gasteiger partial charge in [-0.2, -0.15) is 0 Å². The van der Waals surface area contributed by atoms with Crippen LogP contribution in [0, 0.1) is 0 Å². The molecule has 0 heterocycles. The van der Waals surface area contributed by atoms with Crippen molar-refractivity contribution in [1.82, 2.24) is 0 Å². The molecule has 1 saturated carbocycles. The Kier molecular flexibility index (Phi) is 5.04. The van der Waals surface area contributed by atoms with Crippen molar-refractivity contribution >= 4 is 29.0 Å². The number of hydrogen-bond donors (Lipinski definition) is 0. The van der Waals surface area contributed by atoms with Gasteiger partial charge in [-0.1, -0.05) is 42.5 Å². The van der Waals surface area contributed by atoms with Crippen molar-refractivity contribution in [3.05, 3.63) is 33.8 Å². The van der Waals surface area contributed by atoms with E-state index in [4.69, 9.17) is 27.9 Å². The lowest BCUT2D eigenvalue weighted by atomic mass is 9.98. The fourth-order valence-corrected chi connectivity index (χ4v) is 2.48. The molecule has 1 aliphatic carbocycles. The van der Waals surface area contributed by atoms with E-state index in [2.05, 4.69) is 0 Å². The van der Waals surface area contributed by atoms with Gasteiger partial charge in [0.05, 0.1) is 16.1 Å². The van der Waals surface area contributed by atoms with Gasteiger partial charge < -0.3 is 4.74 Å². The molecule has 2 rings (SSSR count). The normalized spacial score (nSPS) is 16.8. The summed E-state index contributed by atoms with van der Waals surface area (Å²) in [5, 5.41) is 0.863. The maximum Gasteiger partial charge on any atom is 0.188 e. The summed E-state index contributed by atoms with van der Waals surface area (Å²) in [7, 11) is 0. The maximum atomic E-state index is 11.9. The molecule has 1 aromatic rings. The van der Waals surface area contributed by atoms with E-state index in [-0.39, 0.29) is 18.5 Å². The van der Waals surface area contributed by atoms with Crippen LogP contribution in [0.2, 0.25) is 10.0 Å². The average molecular weight is 287 g/mol. The Labute approximate surface area is 117 Å². The summed E-state index contributed by atoms with van der Waals surface area (Å²) in [6.45, 7) is 0.128. The van der Waals surface area contributed by atoms with E-state index in [1.807, 2.05) is 0 Å². The van der Waals surface area contributed by atoms with Crippen LogP contribution in [0.15, 0.2) is 18.2 Å². The highest BCUT2D eigenvalue weighted by Crippen LogP contribution is 2.23. The van der Waals surface area contributed by atoms with E-state index in [1.54, 1.807) is 18.2 Å². The molecule has 0 amide bonds. The molecule has 0 N–H and O–H groups in total. The highest BCUT2D eigenvalue weighted by Gasteiger charge is 2.16. The third-order valence-corrected chi connectivity index (χ3v) is 3.98. The molecular weight excluding hydrogens is 271 g/mol. The SMILES string of the molecule is O=C(COC1CCCCC1)c1ccc(Cl)c(Cl)c1. The summed E-state index contributed by atoms with van der Waals surface area (Å²) in [4.78, 5) is 11.9. The summed E-state index contributed by atoms with van der Waals surface area (Å²) in [5.41, 5.74) is 0.556. The number of benzene rings is 1. The van der Waals surface area contributed by atoms with E-state index in [9.17, 15) is 4.79 Å². The molecule has 0 aliphatic heterocycles. The van der Waals surface area contributed by atoms with Gasteiger partial charge in [0.1, 0.15) is 6.61 Å². The van der Waals surface area contributed by atoms with Crippen LogP contribution in [-0.2, 0) is 4.74 Å². The van der Waals surface area contributed by atoms with Gasteiger partial charge in [0.15, 0.2) is 5.78 Å². The first-order valence-electron chi connectivity index (χ1n) is 6.26. The Morgan fingerprint density at radius 2 is 1.89 bits per heavy atom. The Morgan fingerprint density at radius 1 is 1.17 bits per heavy atom. The Bertz CT molecular complexity index is 426. The van der Waals surface area contributed by atoms with Crippen molar-refractivity contribution in [3.8, 4) is 0 Å². The second-order valence-corrected chi connectivity index (χ2v) is 5.44. The van der Waals surface area contributed by atoms with E-state index >= 15 is 0 Å². The molecule has 18 heavy (non-hydrogen) atoms. The summed E-state index contributed by atoms with van der Waals surface area (Å²) in [5.74, 6) is -0.0425. The number of ketones is 1. The maximum absolute atomic E-state index is 11.9. The van der Waals surface area contributed by atoms with Crippen molar-refractivity contribution in [2.24, 2.45) is 0 Å². The van der Waals surface area contributed by atoms with Crippen molar-refractivity contribution < 1.29 is 9.53 Å². The quantitative estimate of drug-likeness (QED) is 0.761. The lowest BCUT2D eigenvalue weighted by Crippen LogP contribution is -2.21. The van der Waals surface area contributed by atoms with Crippen LogP contribution in [-0.4, -0.2) is 18.5 Å². The molecule has 0 radical (unpaired) electrons. The number of Topliss-reactive ketones (excluding diaryl/α,β-unsaturated/α-hetero) is 1. The third kappa shape index (κ3) is 3.71. The second-order valence-electron chi connectivity index (χ2n) is 4.62. The minimum Gasteiger partial charge on any atom is -0.370 e. The lowest BCUT2D eigenvalue weighted by Gasteiger charge is -2.21. The Morgan fingerprint density at radius 3 is 2.56 bits per heavy atom. The molecule has 4 heteroatoms. The number of halogens is 2. The summed E-state index contributed by atoms with van der Waals surface area (Å²) < 4.78 is 5.64. The van der Waals surface area contributed by atoms with E-state index in [1.165, 1.54) is 19.3 Å². The largest absolute Gasteiger partial charge is 0.370 e. The molecule has 0 spiro atoms. The zero-order valence-corrected chi connectivity index (χ0v) is 11.6. The smallest absolute Gasteiger partial charge is 0.188 e. The van der Waals surface area contributed by atoms with Gasteiger partial charge in [-0.05, 0) is 31.0 Å². The summed E-state index contributed by atoms with van der Waals surface area (Å²) in [6.07, 6.45) is 6.05. The van der Waals surface area contributed by atoms with Crippen molar-refractivity contribution in [1.29, 1.82) is 0 Å². The standard InChI is InChI=1S/C14H16Cl2O2/c15-12-7-6-10(8-13(12)16)14(17)9-18-11-4-2-1-3-5-11/h6-8,11H,1-5,9H2. The van der Waals surface area contributed by atoms with Gasteiger partial charge in [0, 0.05) is 5.56 Å². The first-order valence-corrected chi connectivity index (χ1v) is 7.02. The van der Waals surface area contributed by atoms with Crippen LogP contribution in [0.4, 0.5) is 0 Å². The third-order valence-electron chi connectivity index (χ3n) is 3.24. The Hall–Kier alpha value is -0.570. The highest BCUT2D eigenvalue weighted by atomic mass is 35.5. The van der Waals surface area contributed by atoms with Crippen LogP contribution >= 0.6 is 23.2 Å². The number of rotatable bonds is 4. The van der Waals surface area contributed by atoms with Crippen molar-refractivity contribution in [2.75, 3.05) is 6.61 Å². The second kappa shape index (κ2) is 6.55. The van der Waals surface area contributed by atoms with Crippen molar-refractivity contribution in [3.63, 3.8) is 0 Å². The monoisotopic (exact) mass is 286 g/mol. The molecule has 0 atom stereocenters. The topological polar surface area (TPSA) is 26.3 Å². The van der Waals surface area contributed by atoms with Crippen LogP contribution in [0.1, 0.15) is 42.5 Å². The van der Waals surface area contributed by atoms with Gasteiger partial charge >= 0.3 is 0 Å². The average Bonchev–Trinajstić information content (AvgIpc) is 2.40. The zero-order chi connectivity index (χ0) is 13.0. The molecule has 98 valence electrons. The summed E-state index contributed by atoms with van der Waals surface area (Å²) >= 11 is 11.7. The van der Waals surface area contributed by atoms with Crippen molar-refractivity contribution in [2.45, 2.75) is 38.2 Å². The lowest BCUT2D eigenvalue weighted by molar-refractivity contribution is 0.0284. The number of ether oxygens (including phenoxy) is 1. The molecule has 0 aromatic heterocycles. The highest BCUT2D eigenvalue weighted by molar-refractivity contribution is 6.42. The molecule has 0 saturated heterocycles. The van der Waals surface area contributed by atoms with Gasteiger partial charge in [0.2, 0.25) is 0 Å². The van der Waals surface area contributed by atoms with Gasteiger partial charge in [-0.25, -0.2) is 0 Å². The molecule has 1 aliphatic rings. The molecule has 2 nitrogen and oxygen atoms in total. The Balaban J connectivity index is 1.88. The zero-order valence-electron chi connectivity index (χ0n) is 10.1. The van der Waals surface area contributed by atoms with Crippen LogP contribution in [0.3, 0.4) is 0 Å². The van der Waals surface area contributed by atoms with Gasteiger partial charge in [-0.3, -0.25) is 4.79 Å². The fraction of sp³-hybridized carbons (Fsp3) is 0.500. The van der Waals surface area contributed by atoms with Crippen LogP contribution in [0.5, 0.6) is 0 Å². The van der Waals surface area contributed by atoms with E-state index in [0.29, 0.717) is 15.6 Å². The van der Waals surface area contributed by atoms with Gasteiger partial charge in [0.25, 0.3) is 0 Å². The first kappa shape index (κ1) is 13.9.